The maximum absolute atomic E-state index is 13.7. The summed E-state index contributed by atoms with van der Waals surface area (Å²) in [5.41, 5.74) is 6.58. The van der Waals surface area contributed by atoms with E-state index < -0.39 is 0 Å². The van der Waals surface area contributed by atoms with Gasteiger partial charge < -0.3 is 4.42 Å². The van der Waals surface area contributed by atoms with Crippen molar-refractivity contribution in [2.24, 2.45) is 7.05 Å². The Hall–Kier alpha value is -3.97. The quantitative estimate of drug-likeness (QED) is 0.240. The van der Waals surface area contributed by atoms with E-state index in [2.05, 4.69) is 10.9 Å². The molecule has 0 atom stereocenters. The fourth-order valence-electron chi connectivity index (χ4n) is 4.05. The van der Waals surface area contributed by atoms with Gasteiger partial charge in [0.25, 0.3) is 0 Å². The van der Waals surface area contributed by atoms with E-state index in [4.69, 9.17) is 11.0 Å². The van der Waals surface area contributed by atoms with Crippen molar-refractivity contribution < 1.29 is 13.4 Å². The summed E-state index contributed by atoms with van der Waals surface area (Å²) in [5, 5.41) is 1.85. The fourth-order valence-corrected chi connectivity index (χ4v) is 4.05. The minimum absolute atomic E-state index is 0.293. The highest BCUT2D eigenvalue weighted by molar-refractivity contribution is 6.14. The van der Waals surface area contributed by atoms with Gasteiger partial charge in [0, 0.05) is 16.8 Å². The number of nitrogens with zero attached hydrogens (tertiary/aromatic N) is 2. The first kappa shape index (κ1) is 18.1. The summed E-state index contributed by atoms with van der Waals surface area (Å²) in [4.78, 5) is 3.74. The third kappa shape index (κ3) is 2.75. The van der Waals surface area contributed by atoms with Gasteiger partial charge in [0.05, 0.1) is 12.1 Å². The van der Waals surface area contributed by atoms with Gasteiger partial charge >= 0.3 is 0 Å². The lowest BCUT2D eigenvalue weighted by atomic mass is 9.98. The third-order valence-corrected chi connectivity index (χ3v) is 5.51. The predicted octanol–water partition coefficient (Wildman–Crippen LogP) is 6.74. The number of hydrogen-bond acceptors (Lipinski definition) is 1. The van der Waals surface area contributed by atoms with Gasteiger partial charge in [0.15, 0.2) is 5.82 Å². The number of furan rings is 1. The van der Waals surface area contributed by atoms with Crippen molar-refractivity contribution in [2.75, 3.05) is 0 Å². The molecule has 0 saturated carbocycles. The van der Waals surface area contributed by atoms with E-state index in [1.54, 1.807) is 10.6 Å². The number of pyridine rings is 1. The smallest absolute Gasteiger partial charge is 0.230 e. The monoisotopic (exact) mass is 393 g/mol. The maximum Gasteiger partial charge on any atom is 0.230 e. The minimum Gasteiger partial charge on any atom is -0.466 e. The molecule has 5 rings (SSSR count). The molecule has 0 fully saturated rings. The molecule has 0 spiro atoms. The molecule has 4 heteroatoms. The van der Waals surface area contributed by atoms with Gasteiger partial charge in [-0.1, -0.05) is 42.5 Å². The number of aromatic nitrogens is 1. The van der Waals surface area contributed by atoms with Crippen LogP contribution in [-0.4, -0.2) is 0 Å². The minimum atomic E-state index is -0.293. The number of hydrogen-bond donors (Lipinski definition) is 0. The summed E-state index contributed by atoms with van der Waals surface area (Å²) in [7, 11) is 1.82. The molecule has 3 nitrogen and oxygen atoms in total. The molecule has 3 aromatic carbocycles. The molecule has 0 N–H and O–H groups in total. The first-order chi connectivity index (χ1) is 14.6. The second kappa shape index (κ2) is 6.82. The lowest BCUT2D eigenvalue weighted by Crippen LogP contribution is -2.31. The van der Waals surface area contributed by atoms with Gasteiger partial charge in [-0.2, -0.15) is 4.57 Å². The average molecular weight is 393 g/mol. The summed E-state index contributed by atoms with van der Waals surface area (Å²) < 4.78 is 21.7. The zero-order valence-corrected chi connectivity index (χ0v) is 16.6. The Balaban J connectivity index is 1.87. The highest BCUT2D eigenvalue weighted by atomic mass is 19.1. The van der Waals surface area contributed by atoms with Crippen LogP contribution in [0.1, 0.15) is 5.56 Å². The first-order valence-corrected chi connectivity index (χ1v) is 9.65. The van der Waals surface area contributed by atoms with Crippen molar-refractivity contribution in [2.45, 2.75) is 6.92 Å². The van der Waals surface area contributed by atoms with Crippen LogP contribution in [0.25, 0.3) is 49.2 Å². The largest absolute Gasteiger partial charge is 0.466 e. The number of rotatable bonds is 2. The highest BCUT2D eigenvalue weighted by Crippen LogP contribution is 2.42. The Kier molecular flexibility index (Phi) is 4.11. The Morgan fingerprint density at radius 3 is 2.43 bits per heavy atom. The van der Waals surface area contributed by atoms with E-state index >= 15 is 0 Å². The van der Waals surface area contributed by atoms with E-state index in [0.717, 1.165) is 38.7 Å². The molecule has 0 aliphatic carbocycles. The average Bonchev–Trinajstić information content (AvgIpc) is 3.13. The highest BCUT2D eigenvalue weighted by Gasteiger charge is 2.22. The molecular weight excluding hydrogens is 375 g/mol. The van der Waals surface area contributed by atoms with Crippen molar-refractivity contribution in [1.29, 1.82) is 0 Å². The Morgan fingerprint density at radius 2 is 1.70 bits per heavy atom. The Labute approximate surface area is 173 Å². The van der Waals surface area contributed by atoms with Gasteiger partial charge in [-0.3, -0.25) is 0 Å². The summed E-state index contributed by atoms with van der Waals surface area (Å²) in [6, 6.07) is 21.3. The van der Waals surface area contributed by atoms with Gasteiger partial charge in [-0.15, -0.1) is 0 Å². The zero-order valence-electron chi connectivity index (χ0n) is 16.6. The van der Waals surface area contributed by atoms with Crippen molar-refractivity contribution in [3.8, 4) is 22.4 Å². The maximum atomic E-state index is 13.7. The fraction of sp³-hybridized carbons (Fsp3) is 0.0769. The Bertz CT molecular complexity index is 1480. The van der Waals surface area contributed by atoms with Crippen LogP contribution < -0.4 is 4.57 Å². The summed E-state index contributed by atoms with van der Waals surface area (Å²) in [6.45, 7) is 9.71. The molecule has 0 aliphatic rings. The predicted molar refractivity (Wildman–Crippen MR) is 117 cm³/mol. The molecule has 5 aromatic rings. The van der Waals surface area contributed by atoms with Crippen LogP contribution in [-0.2, 0) is 7.05 Å². The van der Waals surface area contributed by atoms with Crippen molar-refractivity contribution in [3.05, 3.63) is 95.7 Å². The van der Waals surface area contributed by atoms with Crippen molar-refractivity contribution in [3.63, 3.8) is 0 Å². The van der Waals surface area contributed by atoms with Crippen LogP contribution in [0.3, 0.4) is 0 Å². The zero-order chi connectivity index (χ0) is 20.8. The summed E-state index contributed by atoms with van der Waals surface area (Å²) >= 11 is 0. The number of aryl methyl sites for hydroxylation is 2. The number of fused-ring (bicyclic) bond motifs is 3. The first-order valence-electron chi connectivity index (χ1n) is 9.65. The van der Waals surface area contributed by atoms with Crippen LogP contribution in [0.4, 0.5) is 10.1 Å². The second-order valence-electron chi connectivity index (χ2n) is 7.43. The molecule has 0 amide bonds. The van der Waals surface area contributed by atoms with E-state index in [1.807, 2.05) is 62.5 Å². The molecule has 2 heterocycles. The van der Waals surface area contributed by atoms with Gasteiger partial charge in [-0.05, 0) is 41.8 Å². The molecule has 30 heavy (non-hydrogen) atoms. The summed E-state index contributed by atoms with van der Waals surface area (Å²) in [6.07, 6.45) is 1.45. The lowest BCUT2D eigenvalue weighted by molar-refractivity contribution is -0.661. The van der Waals surface area contributed by atoms with E-state index in [1.165, 1.54) is 12.3 Å². The van der Waals surface area contributed by atoms with Crippen LogP contribution in [0.15, 0.2) is 77.3 Å². The Morgan fingerprint density at radius 1 is 0.900 bits per heavy atom. The van der Waals surface area contributed by atoms with Gasteiger partial charge in [0.1, 0.15) is 18.2 Å². The van der Waals surface area contributed by atoms with Gasteiger partial charge in [-0.25, -0.2) is 9.24 Å². The summed E-state index contributed by atoms with van der Waals surface area (Å²) in [5.74, 6) is -0.293. The normalized spacial score (nSPS) is 11.1. The number of halogens is 1. The SMILES string of the molecule is [C-]#[N+]c1cc(-c2ccccc2)cc2c1oc1c(-c3ccc(F)c[n+]3C)c(C)ccc12. The molecule has 0 bridgehead atoms. The molecule has 0 radical (unpaired) electrons. The van der Waals surface area contributed by atoms with Crippen LogP contribution >= 0.6 is 0 Å². The van der Waals surface area contributed by atoms with E-state index in [0.29, 0.717) is 16.9 Å². The van der Waals surface area contributed by atoms with E-state index in [-0.39, 0.29) is 5.82 Å². The molecular formula is C26H18FN2O+. The van der Waals surface area contributed by atoms with Crippen LogP contribution in [0.5, 0.6) is 0 Å². The topological polar surface area (TPSA) is 21.4 Å². The van der Waals surface area contributed by atoms with Crippen LogP contribution in [0.2, 0.25) is 0 Å². The molecule has 2 aromatic heterocycles. The molecule has 0 saturated heterocycles. The van der Waals surface area contributed by atoms with Crippen molar-refractivity contribution >= 4 is 27.6 Å². The number of benzene rings is 3. The second-order valence-corrected chi connectivity index (χ2v) is 7.43. The van der Waals surface area contributed by atoms with Crippen molar-refractivity contribution in [1.82, 2.24) is 0 Å². The molecule has 144 valence electrons. The van der Waals surface area contributed by atoms with E-state index in [9.17, 15) is 4.39 Å². The molecule has 0 aliphatic heterocycles. The standard InChI is InChI=1S/C26H18FN2O/c1-16-9-11-20-21-13-18(17-7-5-4-6-8-17)14-22(28-2)25(21)30-26(20)24(16)23-12-10-19(27)15-29(23)3/h4-15H,1,3H3/q+1. The van der Waals surface area contributed by atoms with Gasteiger partial charge in [0.2, 0.25) is 17.6 Å². The lowest BCUT2D eigenvalue weighted by Gasteiger charge is -2.05. The third-order valence-electron chi connectivity index (χ3n) is 5.51. The molecule has 0 unspecified atom stereocenters. The van der Waals surface area contributed by atoms with Crippen LogP contribution in [0, 0.1) is 19.3 Å².